The van der Waals surface area contributed by atoms with Crippen LogP contribution in [0.3, 0.4) is 0 Å². The van der Waals surface area contributed by atoms with Gasteiger partial charge in [-0.05, 0) is 25.5 Å². The average molecular weight is 329 g/mol. The molecule has 0 saturated carbocycles. The van der Waals surface area contributed by atoms with E-state index in [1.165, 1.54) is 7.05 Å². The van der Waals surface area contributed by atoms with Gasteiger partial charge >= 0.3 is 6.18 Å². The summed E-state index contributed by atoms with van der Waals surface area (Å²) in [5.74, 6) is -0.931. The molecule has 0 radical (unpaired) electrons. The molecule has 2 N–H and O–H groups in total. The topological polar surface area (TPSA) is 61.4 Å². The highest BCUT2D eigenvalue weighted by Gasteiger charge is 2.39. The molecule has 0 aromatic heterocycles. The van der Waals surface area contributed by atoms with Crippen LogP contribution in [0.15, 0.2) is 18.2 Å². The Kier molecular flexibility index (Phi) is 4.82. The first-order chi connectivity index (χ1) is 10.7. The molecule has 2 rings (SSSR count). The molecule has 1 aromatic carbocycles. The van der Waals surface area contributed by atoms with E-state index in [1.807, 2.05) is 6.92 Å². The number of carbonyl (C=O) groups is 2. The van der Waals surface area contributed by atoms with E-state index in [2.05, 4.69) is 10.6 Å². The van der Waals surface area contributed by atoms with Gasteiger partial charge in [0.1, 0.15) is 12.6 Å². The first-order valence-corrected chi connectivity index (χ1v) is 7.16. The van der Waals surface area contributed by atoms with E-state index < -0.39 is 24.7 Å². The Morgan fingerprint density at radius 1 is 1.39 bits per heavy atom. The Balaban J connectivity index is 2.14. The third kappa shape index (κ3) is 4.14. The van der Waals surface area contributed by atoms with Crippen LogP contribution in [-0.4, -0.2) is 49.1 Å². The molecule has 5 nitrogen and oxygen atoms in total. The molecule has 1 aromatic rings. The van der Waals surface area contributed by atoms with Crippen LogP contribution >= 0.6 is 0 Å². The van der Waals surface area contributed by atoms with Crippen LogP contribution in [0.4, 0.5) is 18.9 Å². The molecule has 126 valence electrons. The standard InChI is InChI=1S/C15H18F3N3O2/c1-9-3-4-11(10(7-9)13(22)19-2)20-12-5-6-21(14(12)23)8-15(16,17)18/h3-4,7,12,20H,5-6,8H2,1-2H3,(H,19,22)/t12-/m1/s1. The number of alkyl halides is 3. The molecule has 2 amide bonds. The van der Waals surface area contributed by atoms with Crippen LogP contribution in [0, 0.1) is 6.92 Å². The predicted molar refractivity (Wildman–Crippen MR) is 79.2 cm³/mol. The number of aryl methyl sites for hydroxylation is 1. The molecule has 1 fully saturated rings. The van der Waals surface area contributed by atoms with Crippen molar-refractivity contribution in [3.8, 4) is 0 Å². The van der Waals surface area contributed by atoms with Crippen LogP contribution in [0.2, 0.25) is 0 Å². The number of carbonyl (C=O) groups excluding carboxylic acids is 2. The lowest BCUT2D eigenvalue weighted by Crippen LogP contribution is -2.39. The van der Waals surface area contributed by atoms with Crippen molar-refractivity contribution in [1.82, 2.24) is 10.2 Å². The minimum atomic E-state index is -4.42. The van der Waals surface area contributed by atoms with E-state index >= 15 is 0 Å². The van der Waals surface area contributed by atoms with Crippen molar-refractivity contribution in [2.24, 2.45) is 0 Å². The number of hydrogen-bond acceptors (Lipinski definition) is 3. The van der Waals surface area contributed by atoms with Crippen molar-refractivity contribution in [3.05, 3.63) is 29.3 Å². The number of amides is 2. The SMILES string of the molecule is CNC(=O)c1cc(C)ccc1N[C@@H]1CCN(CC(F)(F)F)C1=O. The largest absolute Gasteiger partial charge is 0.406 e. The Bertz CT molecular complexity index is 616. The number of likely N-dealkylation sites (tertiary alicyclic amines) is 1. The van der Waals surface area contributed by atoms with Gasteiger partial charge in [0.15, 0.2) is 0 Å². The highest BCUT2D eigenvalue weighted by atomic mass is 19.4. The summed E-state index contributed by atoms with van der Waals surface area (Å²) in [4.78, 5) is 24.7. The summed E-state index contributed by atoms with van der Waals surface area (Å²) in [5, 5.41) is 5.40. The van der Waals surface area contributed by atoms with E-state index in [9.17, 15) is 22.8 Å². The second kappa shape index (κ2) is 6.47. The fraction of sp³-hybridized carbons (Fsp3) is 0.467. The summed E-state index contributed by atoms with van der Waals surface area (Å²) in [7, 11) is 1.49. The third-order valence-electron chi connectivity index (χ3n) is 3.64. The highest BCUT2D eigenvalue weighted by molar-refractivity contribution is 6.00. The average Bonchev–Trinajstić information content (AvgIpc) is 2.79. The fourth-order valence-electron chi connectivity index (χ4n) is 2.54. The highest BCUT2D eigenvalue weighted by Crippen LogP contribution is 2.25. The molecule has 0 bridgehead atoms. The summed E-state index contributed by atoms with van der Waals surface area (Å²) in [6.07, 6.45) is -4.16. The van der Waals surface area contributed by atoms with Gasteiger partial charge in [0.25, 0.3) is 5.91 Å². The number of halogens is 3. The lowest BCUT2D eigenvalue weighted by Gasteiger charge is -2.20. The maximum absolute atomic E-state index is 12.4. The van der Waals surface area contributed by atoms with E-state index in [0.717, 1.165) is 10.5 Å². The zero-order valence-electron chi connectivity index (χ0n) is 12.8. The van der Waals surface area contributed by atoms with Crippen LogP contribution < -0.4 is 10.6 Å². The van der Waals surface area contributed by atoms with Gasteiger partial charge < -0.3 is 15.5 Å². The second-order valence-corrected chi connectivity index (χ2v) is 5.49. The van der Waals surface area contributed by atoms with Crippen LogP contribution in [-0.2, 0) is 4.79 Å². The summed E-state index contributed by atoms with van der Waals surface area (Å²) in [5.41, 5.74) is 1.65. The van der Waals surface area contributed by atoms with Gasteiger partial charge in [-0.25, -0.2) is 0 Å². The zero-order valence-corrected chi connectivity index (χ0v) is 12.8. The van der Waals surface area contributed by atoms with E-state index in [0.29, 0.717) is 11.3 Å². The Morgan fingerprint density at radius 2 is 2.09 bits per heavy atom. The molecule has 1 heterocycles. The Morgan fingerprint density at radius 3 is 2.70 bits per heavy atom. The van der Waals surface area contributed by atoms with Gasteiger partial charge in [-0.1, -0.05) is 11.6 Å². The summed E-state index contributed by atoms with van der Waals surface area (Å²) in [6.45, 7) is 0.611. The molecule has 8 heteroatoms. The van der Waals surface area contributed by atoms with Crippen molar-refractivity contribution in [2.45, 2.75) is 25.6 Å². The van der Waals surface area contributed by atoms with Gasteiger partial charge in [0.05, 0.1) is 5.56 Å². The monoisotopic (exact) mass is 329 g/mol. The van der Waals surface area contributed by atoms with E-state index in [1.54, 1.807) is 18.2 Å². The number of benzene rings is 1. The van der Waals surface area contributed by atoms with Crippen LogP contribution in [0.25, 0.3) is 0 Å². The van der Waals surface area contributed by atoms with Crippen LogP contribution in [0.5, 0.6) is 0 Å². The van der Waals surface area contributed by atoms with Gasteiger partial charge in [0, 0.05) is 19.3 Å². The molecule has 1 atom stereocenters. The molecular weight excluding hydrogens is 311 g/mol. The maximum Gasteiger partial charge on any atom is 0.406 e. The molecule has 0 unspecified atom stereocenters. The minimum Gasteiger partial charge on any atom is -0.373 e. The quantitative estimate of drug-likeness (QED) is 0.887. The Labute approximate surface area is 131 Å². The number of rotatable bonds is 4. The summed E-state index contributed by atoms with van der Waals surface area (Å²) in [6, 6.07) is 4.32. The fourth-order valence-corrected chi connectivity index (χ4v) is 2.54. The lowest BCUT2D eigenvalue weighted by molar-refractivity contribution is -0.157. The third-order valence-corrected chi connectivity index (χ3v) is 3.64. The van der Waals surface area contributed by atoms with Gasteiger partial charge in [0.2, 0.25) is 5.91 Å². The van der Waals surface area contributed by atoms with Gasteiger partial charge in [-0.15, -0.1) is 0 Å². The first-order valence-electron chi connectivity index (χ1n) is 7.16. The smallest absolute Gasteiger partial charge is 0.373 e. The Hall–Kier alpha value is -2.25. The van der Waals surface area contributed by atoms with Crippen molar-refractivity contribution < 1.29 is 22.8 Å². The minimum absolute atomic E-state index is 0.0389. The van der Waals surface area contributed by atoms with E-state index in [4.69, 9.17) is 0 Å². The zero-order chi connectivity index (χ0) is 17.2. The lowest BCUT2D eigenvalue weighted by atomic mass is 10.1. The summed E-state index contributed by atoms with van der Waals surface area (Å²) >= 11 is 0. The first kappa shape index (κ1) is 17.1. The number of anilines is 1. The molecule has 1 aliphatic rings. The van der Waals surface area contributed by atoms with Crippen molar-refractivity contribution in [1.29, 1.82) is 0 Å². The van der Waals surface area contributed by atoms with Gasteiger partial charge in [-0.3, -0.25) is 9.59 Å². The number of nitrogens with one attached hydrogen (secondary N) is 2. The molecule has 0 spiro atoms. The molecule has 1 saturated heterocycles. The molecular formula is C15H18F3N3O2. The van der Waals surface area contributed by atoms with Gasteiger partial charge in [-0.2, -0.15) is 13.2 Å². The second-order valence-electron chi connectivity index (χ2n) is 5.49. The maximum atomic E-state index is 12.4. The van der Waals surface area contributed by atoms with Crippen molar-refractivity contribution >= 4 is 17.5 Å². The normalized spacial score (nSPS) is 18.2. The molecule has 1 aliphatic heterocycles. The molecule has 23 heavy (non-hydrogen) atoms. The van der Waals surface area contributed by atoms with Crippen molar-refractivity contribution in [3.63, 3.8) is 0 Å². The number of hydrogen-bond donors (Lipinski definition) is 2. The number of nitrogens with zero attached hydrogens (tertiary/aromatic N) is 1. The van der Waals surface area contributed by atoms with Crippen LogP contribution in [0.1, 0.15) is 22.3 Å². The summed E-state index contributed by atoms with van der Waals surface area (Å²) < 4.78 is 37.3. The van der Waals surface area contributed by atoms with E-state index in [-0.39, 0.29) is 18.9 Å². The molecule has 0 aliphatic carbocycles. The van der Waals surface area contributed by atoms with Crippen molar-refractivity contribution in [2.75, 3.05) is 25.5 Å². The predicted octanol–water partition coefficient (Wildman–Crippen LogP) is 1.93.